The molecule has 3 aromatic heterocycles. The van der Waals surface area contributed by atoms with Gasteiger partial charge in [-0.25, -0.2) is 0 Å². The van der Waals surface area contributed by atoms with Crippen LogP contribution in [0.2, 0.25) is 0 Å². The van der Waals surface area contributed by atoms with E-state index in [2.05, 4.69) is 25.5 Å². The van der Waals surface area contributed by atoms with Crippen LogP contribution in [0.1, 0.15) is 17.3 Å². The van der Waals surface area contributed by atoms with Gasteiger partial charge in [0.1, 0.15) is 5.75 Å². The van der Waals surface area contributed by atoms with Crippen molar-refractivity contribution in [2.75, 3.05) is 12.4 Å². The fourth-order valence-electron chi connectivity index (χ4n) is 2.77. The highest BCUT2D eigenvalue weighted by atomic mass is 16.5. The molecule has 0 saturated heterocycles. The van der Waals surface area contributed by atoms with Gasteiger partial charge in [-0.2, -0.15) is 0 Å². The summed E-state index contributed by atoms with van der Waals surface area (Å²) in [4.78, 5) is 8.55. The van der Waals surface area contributed by atoms with E-state index in [0.717, 1.165) is 17.0 Å². The zero-order valence-corrected chi connectivity index (χ0v) is 15.1. The number of nitrogens with two attached hydrogens (primary N) is 1. The third kappa shape index (κ3) is 3.67. The summed E-state index contributed by atoms with van der Waals surface area (Å²) >= 11 is 0. The molecule has 3 heterocycles. The molecule has 1 aromatic carbocycles. The molecule has 4 rings (SSSR count). The normalized spacial score (nSPS) is 11.8. The fraction of sp³-hybridized carbons (Fsp3) is 0.100. The van der Waals surface area contributed by atoms with E-state index < -0.39 is 6.04 Å². The van der Waals surface area contributed by atoms with Crippen molar-refractivity contribution in [3.63, 3.8) is 0 Å². The summed E-state index contributed by atoms with van der Waals surface area (Å²) in [5.41, 5.74) is 9.31. The quantitative estimate of drug-likeness (QED) is 0.528. The summed E-state index contributed by atoms with van der Waals surface area (Å²) in [5, 5.41) is 11.3. The molecular weight excluding hydrogens is 356 g/mol. The number of anilines is 2. The number of nitrogens with one attached hydrogen (secondary N) is 1. The lowest BCUT2D eigenvalue weighted by atomic mass is 10.0. The lowest BCUT2D eigenvalue weighted by Gasteiger charge is -2.13. The second kappa shape index (κ2) is 7.85. The molecule has 1 atom stereocenters. The summed E-state index contributed by atoms with van der Waals surface area (Å²) < 4.78 is 11.0. The summed E-state index contributed by atoms with van der Waals surface area (Å²) in [6, 6.07) is 14.6. The van der Waals surface area contributed by atoms with Crippen molar-refractivity contribution in [3.8, 4) is 17.2 Å². The van der Waals surface area contributed by atoms with E-state index in [1.54, 1.807) is 31.8 Å². The molecule has 0 aliphatic carbocycles. The second-order valence-electron chi connectivity index (χ2n) is 5.97. The highest BCUT2D eigenvalue weighted by Gasteiger charge is 2.19. The van der Waals surface area contributed by atoms with Gasteiger partial charge in [0.2, 0.25) is 0 Å². The van der Waals surface area contributed by atoms with Gasteiger partial charge in [0, 0.05) is 30.3 Å². The molecule has 0 radical (unpaired) electrons. The maximum atomic E-state index is 6.39. The first-order chi connectivity index (χ1) is 13.7. The summed E-state index contributed by atoms with van der Waals surface area (Å²) in [5.74, 6) is 1.05. The topological polar surface area (TPSA) is 112 Å². The van der Waals surface area contributed by atoms with Crippen molar-refractivity contribution in [2.24, 2.45) is 5.73 Å². The molecule has 3 N–H and O–H groups in total. The largest absolute Gasteiger partial charge is 0.497 e. The van der Waals surface area contributed by atoms with Crippen molar-refractivity contribution in [3.05, 3.63) is 78.4 Å². The van der Waals surface area contributed by atoms with Crippen molar-refractivity contribution >= 4 is 11.7 Å². The smallest absolute Gasteiger partial charge is 0.320 e. The van der Waals surface area contributed by atoms with E-state index in [1.807, 2.05) is 42.5 Å². The van der Waals surface area contributed by atoms with Gasteiger partial charge in [-0.3, -0.25) is 9.97 Å². The van der Waals surface area contributed by atoms with E-state index >= 15 is 0 Å². The molecule has 0 fully saturated rings. The Morgan fingerprint density at radius 3 is 2.79 bits per heavy atom. The van der Waals surface area contributed by atoms with Crippen LogP contribution in [-0.2, 0) is 0 Å². The van der Waals surface area contributed by atoms with Gasteiger partial charge in [0.25, 0.3) is 5.89 Å². The molecule has 4 aromatic rings. The van der Waals surface area contributed by atoms with E-state index in [1.165, 1.54) is 0 Å². The van der Waals surface area contributed by atoms with Crippen LogP contribution in [0.25, 0.3) is 11.5 Å². The van der Waals surface area contributed by atoms with E-state index in [-0.39, 0.29) is 6.01 Å². The number of aromatic nitrogens is 4. The van der Waals surface area contributed by atoms with Gasteiger partial charge in [-0.15, -0.1) is 5.10 Å². The zero-order chi connectivity index (χ0) is 19.3. The minimum Gasteiger partial charge on any atom is -0.497 e. The predicted molar refractivity (Wildman–Crippen MR) is 104 cm³/mol. The Balaban J connectivity index is 1.62. The molecule has 0 amide bonds. The molecular formula is C20H18N6O2. The standard InChI is InChI=1S/C20H18N6O2/c1-27-15-7-2-6-14(11-15)24-20-26-25-19(28-20)16-8-4-10-23-18(16)17(21)13-5-3-9-22-12-13/h2-12,17H,21H2,1H3,(H,24,26). The average Bonchev–Trinajstić information content (AvgIpc) is 3.22. The molecule has 0 aliphatic heterocycles. The van der Waals surface area contributed by atoms with Crippen LogP contribution in [0.4, 0.5) is 11.7 Å². The number of rotatable bonds is 6. The van der Waals surface area contributed by atoms with Gasteiger partial charge < -0.3 is 20.2 Å². The van der Waals surface area contributed by atoms with Crippen LogP contribution in [0.15, 0.2) is 71.5 Å². The first-order valence-corrected chi connectivity index (χ1v) is 8.60. The summed E-state index contributed by atoms with van der Waals surface area (Å²) in [6.07, 6.45) is 5.09. The van der Waals surface area contributed by atoms with Crippen molar-refractivity contribution in [1.82, 2.24) is 20.2 Å². The first kappa shape index (κ1) is 17.6. The SMILES string of the molecule is COc1cccc(Nc2nnc(-c3cccnc3C(N)c3cccnc3)o2)c1. The monoisotopic (exact) mass is 374 g/mol. The Kier molecular flexibility index (Phi) is 4.94. The predicted octanol–water partition coefficient (Wildman–Crippen LogP) is 3.33. The molecule has 0 spiro atoms. The highest BCUT2D eigenvalue weighted by molar-refractivity contribution is 5.60. The minimum absolute atomic E-state index is 0.257. The molecule has 8 nitrogen and oxygen atoms in total. The van der Waals surface area contributed by atoms with Gasteiger partial charge >= 0.3 is 6.01 Å². The Morgan fingerprint density at radius 2 is 1.96 bits per heavy atom. The maximum absolute atomic E-state index is 6.39. The number of pyridine rings is 2. The van der Waals surface area contributed by atoms with Crippen LogP contribution in [0, 0.1) is 0 Å². The van der Waals surface area contributed by atoms with Crippen molar-refractivity contribution in [2.45, 2.75) is 6.04 Å². The number of hydrogen-bond acceptors (Lipinski definition) is 8. The average molecular weight is 374 g/mol. The van der Waals surface area contributed by atoms with Gasteiger partial charge in [0.15, 0.2) is 0 Å². The van der Waals surface area contributed by atoms with Crippen LogP contribution in [-0.4, -0.2) is 27.3 Å². The molecule has 140 valence electrons. The molecule has 0 saturated carbocycles. The lowest BCUT2D eigenvalue weighted by molar-refractivity contribution is 0.415. The lowest BCUT2D eigenvalue weighted by Crippen LogP contribution is -2.15. The maximum Gasteiger partial charge on any atom is 0.320 e. The highest BCUT2D eigenvalue weighted by Crippen LogP contribution is 2.29. The number of ether oxygens (including phenoxy) is 1. The van der Waals surface area contributed by atoms with Crippen LogP contribution < -0.4 is 15.8 Å². The Hall–Kier alpha value is -3.78. The van der Waals surface area contributed by atoms with Gasteiger partial charge in [0.05, 0.1) is 24.4 Å². The van der Waals surface area contributed by atoms with Crippen LogP contribution in [0.3, 0.4) is 0 Å². The van der Waals surface area contributed by atoms with Crippen molar-refractivity contribution in [1.29, 1.82) is 0 Å². The Labute approximate surface area is 161 Å². The van der Waals surface area contributed by atoms with Crippen molar-refractivity contribution < 1.29 is 9.15 Å². The second-order valence-corrected chi connectivity index (χ2v) is 5.97. The summed E-state index contributed by atoms with van der Waals surface area (Å²) in [6.45, 7) is 0. The van der Waals surface area contributed by atoms with Crippen LogP contribution in [0.5, 0.6) is 5.75 Å². The molecule has 28 heavy (non-hydrogen) atoms. The van der Waals surface area contributed by atoms with E-state index in [9.17, 15) is 0 Å². The molecule has 1 unspecified atom stereocenters. The van der Waals surface area contributed by atoms with Crippen LogP contribution >= 0.6 is 0 Å². The Morgan fingerprint density at radius 1 is 1.07 bits per heavy atom. The van der Waals surface area contributed by atoms with Gasteiger partial charge in [-0.05, 0) is 35.9 Å². The third-order valence-electron chi connectivity index (χ3n) is 4.15. The number of nitrogens with zero attached hydrogens (tertiary/aromatic N) is 4. The molecule has 0 bridgehead atoms. The summed E-state index contributed by atoms with van der Waals surface area (Å²) in [7, 11) is 1.61. The van der Waals surface area contributed by atoms with Gasteiger partial charge in [-0.1, -0.05) is 17.2 Å². The number of hydrogen-bond donors (Lipinski definition) is 2. The number of methoxy groups -OCH3 is 1. The van der Waals surface area contributed by atoms with E-state index in [0.29, 0.717) is 17.1 Å². The Bertz CT molecular complexity index is 1070. The third-order valence-corrected chi connectivity index (χ3v) is 4.15. The minimum atomic E-state index is -0.466. The first-order valence-electron chi connectivity index (χ1n) is 8.60. The number of benzene rings is 1. The zero-order valence-electron chi connectivity index (χ0n) is 15.1. The fourth-order valence-corrected chi connectivity index (χ4v) is 2.77. The molecule has 8 heteroatoms. The molecule has 0 aliphatic rings. The van der Waals surface area contributed by atoms with E-state index in [4.69, 9.17) is 14.9 Å².